The summed E-state index contributed by atoms with van der Waals surface area (Å²) in [5, 5.41) is 9.05. The molecule has 0 aromatic carbocycles. The van der Waals surface area contributed by atoms with Crippen molar-refractivity contribution < 1.29 is 0 Å². The minimum Gasteiger partial charge on any atom is -0.279 e. The molecule has 0 aliphatic carbocycles. The standard InChI is InChI=1S/C14H21ClN4/c1-5-7-11(8-6-2)13-17-18-14-12(15)16-9(3)10(4)19(13)14/h11H,5-8H2,1-4H3. The highest BCUT2D eigenvalue weighted by molar-refractivity contribution is 6.32. The third-order valence-corrected chi connectivity index (χ3v) is 3.89. The molecular weight excluding hydrogens is 260 g/mol. The number of hydrogen-bond donors (Lipinski definition) is 0. The second kappa shape index (κ2) is 5.87. The van der Waals surface area contributed by atoms with Crippen LogP contribution < -0.4 is 0 Å². The Balaban J connectivity index is 2.60. The van der Waals surface area contributed by atoms with E-state index in [0.717, 1.165) is 42.9 Å². The highest BCUT2D eigenvalue weighted by Crippen LogP contribution is 2.28. The fourth-order valence-electron chi connectivity index (χ4n) is 2.56. The Morgan fingerprint density at radius 1 is 1.11 bits per heavy atom. The van der Waals surface area contributed by atoms with Crippen molar-refractivity contribution in [1.82, 2.24) is 19.6 Å². The van der Waals surface area contributed by atoms with Gasteiger partial charge in [0.15, 0.2) is 10.8 Å². The average Bonchev–Trinajstić information content (AvgIpc) is 2.81. The summed E-state index contributed by atoms with van der Waals surface area (Å²) < 4.78 is 2.08. The van der Waals surface area contributed by atoms with Crippen molar-refractivity contribution in [2.75, 3.05) is 0 Å². The molecule has 104 valence electrons. The Bertz CT molecular complexity index is 570. The van der Waals surface area contributed by atoms with Crippen LogP contribution in [0.15, 0.2) is 0 Å². The molecular formula is C14H21ClN4. The lowest BCUT2D eigenvalue weighted by molar-refractivity contribution is 0.527. The van der Waals surface area contributed by atoms with Gasteiger partial charge in [-0.25, -0.2) is 4.98 Å². The SMILES string of the molecule is CCCC(CCC)c1nnc2c(Cl)nc(C)c(C)n12. The zero-order valence-electron chi connectivity index (χ0n) is 12.1. The Morgan fingerprint density at radius 2 is 1.74 bits per heavy atom. The van der Waals surface area contributed by atoms with Gasteiger partial charge in [0.25, 0.3) is 0 Å². The van der Waals surface area contributed by atoms with Gasteiger partial charge in [-0.1, -0.05) is 38.3 Å². The number of aromatic nitrogens is 4. The number of nitrogens with zero attached hydrogens (tertiary/aromatic N) is 4. The van der Waals surface area contributed by atoms with Crippen LogP contribution in [0.2, 0.25) is 5.15 Å². The molecule has 0 saturated heterocycles. The van der Waals surface area contributed by atoms with E-state index in [4.69, 9.17) is 11.6 Å². The van der Waals surface area contributed by atoms with Crippen LogP contribution in [-0.2, 0) is 0 Å². The Labute approximate surface area is 119 Å². The lowest BCUT2D eigenvalue weighted by Gasteiger charge is -2.15. The third-order valence-electron chi connectivity index (χ3n) is 3.64. The van der Waals surface area contributed by atoms with Crippen LogP contribution in [0, 0.1) is 13.8 Å². The largest absolute Gasteiger partial charge is 0.279 e. The molecule has 0 unspecified atom stereocenters. The Morgan fingerprint density at radius 3 is 2.32 bits per heavy atom. The molecule has 19 heavy (non-hydrogen) atoms. The van der Waals surface area contributed by atoms with E-state index in [1.807, 2.05) is 13.8 Å². The molecule has 4 nitrogen and oxygen atoms in total. The molecule has 0 amide bonds. The minimum absolute atomic E-state index is 0.439. The van der Waals surface area contributed by atoms with Crippen LogP contribution in [0.5, 0.6) is 0 Å². The second-order valence-corrected chi connectivity index (χ2v) is 5.42. The van der Waals surface area contributed by atoms with Crippen LogP contribution >= 0.6 is 11.6 Å². The van der Waals surface area contributed by atoms with Gasteiger partial charge in [-0.15, -0.1) is 10.2 Å². The van der Waals surface area contributed by atoms with E-state index in [2.05, 4.69) is 33.4 Å². The highest BCUT2D eigenvalue weighted by Gasteiger charge is 2.20. The summed E-state index contributed by atoms with van der Waals surface area (Å²) in [6, 6.07) is 0. The molecule has 0 fully saturated rings. The van der Waals surface area contributed by atoms with Crippen molar-refractivity contribution in [3.05, 3.63) is 22.4 Å². The first-order valence-electron chi connectivity index (χ1n) is 6.97. The first kappa shape index (κ1) is 14.3. The summed E-state index contributed by atoms with van der Waals surface area (Å²) in [5.74, 6) is 1.48. The molecule has 0 radical (unpaired) electrons. The van der Waals surface area contributed by atoms with Gasteiger partial charge >= 0.3 is 0 Å². The monoisotopic (exact) mass is 280 g/mol. The van der Waals surface area contributed by atoms with Crippen molar-refractivity contribution in [1.29, 1.82) is 0 Å². The maximum absolute atomic E-state index is 6.17. The van der Waals surface area contributed by atoms with E-state index in [-0.39, 0.29) is 0 Å². The molecule has 2 aromatic rings. The molecule has 2 heterocycles. The summed E-state index contributed by atoms with van der Waals surface area (Å²) >= 11 is 6.17. The van der Waals surface area contributed by atoms with Crippen molar-refractivity contribution in [3.63, 3.8) is 0 Å². The minimum atomic E-state index is 0.439. The van der Waals surface area contributed by atoms with E-state index in [0.29, 0.717) is 16.7 Å². The van der Waals surface area contributed by atoms with Crippen LogP contribution in [0.3, 0.4) is 0 Å². The number of rotatable bonds is 5. The molecule has 0 N–H and O–H groups in total. The predicted molar refractivity (Wildman–Crippen MR) is 77.8 cm³/mol. The zero-order chi connectivity index (χ0) is 14.0. The molecule has 5 heteroatoms. The fourth-order valence-corrected chi connectivity index (χ4v) is 2.81. The number of halogens is 1. The molecule has 0 atom stereocenters. The highest BCUT2D eigenvalue weighted by atomic mass is 35.5. The maximum atomic E-state index is 6.17. The first-order valence-corrected chi connectivity index (χ1v) is 7.35. The van der Waals surface area contributed by atoms with Crippen LogP contribution in [0.25, 0.3) is 5.65 Å². The van der Waals surface area contributed by atoms with Crippen LogP contribution in [0.1, 0.15) is 62.7 Å². The van der Waals surface area contributed by atoms with Crippen molar-refractivity contribution >= 4 is 17.2 Å². The number of hydrogen-bond acceptors (Lipinski definition) is 3. The van der Waals surface area contributed by atoms with Crippen molar-refractivity contribution in [2.24, 2.45) is 0 Å². The van der Waals surface area contributed by atoms with Gasteiger partial charge in [-0.2, -0.15) is 0 Å². The molecule has 0 aliphatic rings. The van der Waals surface area contributed by atoms with Gasteiger partial charge in [0.1, 0.15) is 5.82 Å². The summed E-state index contributed by atoms with van der Waals surface area (Å²) in [6.45, 7) is 8.43. The van der Waals surface area contributed by atoms with E-state index in [9.17, 15) is 0 Å². The molecule has 2 rings (SSSR count). The molecule has 0 bridgehead atoms. The first-order chi connectivity index (χ1) is 9.10. The molecule has 0 saturated carbocycles. The van der Waals surface area contributed by atoms with E-state index >= 15 is 0 Å². The number of fused-ring (bicyclic) bond motifs is 1. The quantitative estimate of drug-likeness (QED) is 0.829. The van der Waals surface area contributed by atoms with Crippen LogP contribution in [-0.4, -0.2) is 19.6 Å². The molecule has 0 spiro atoms. The number of aryl methyl sites for hydroxylation is 2. The van der Waals surface area contributed by atoms with E-state index < -0.39 is 0 Å². The lowest BCUT2D eigenvalue weighted by atomic mass is 9.97. The van der Waals surface area contributed by atoms with Gasteiger partial charge in [0.05, 0.1) is 5.69 Å². The lowest BCUT2D eigenvalue weighted by Crippen LogP contribution is -2.08. The van der Waals surface area contributed by atoms with Gasteiger partial charge < -0.3 is 0 Å². The molecule has 0 aliphatic heterocycles. The Kier molecular flexibility index (Phi) is 4.40. The fraction of sp³-hybridized carbons (Fsp3) is 0.643. The smallest absolute Gasteiger partial charge is 0.198 e. The van der Waals surface area contributed by atoms with Gasteiger partial charge in [0, 0.05) is 11.6 Å². The average molecular weight is 281 g/mol. The van der Waals surface area contributed by atoms with E-state index in [1.54, 1.807) is 0 Å². The summed E-state index contributed by atoms with van der Waals surface area (Å²) in [5.41, 5.74) is 2.69. The van der Waals surface area contributed by atoms with Gasteiger partial charge in [0.2, 0.25) is 0 Å². The van der Waals surface area contributed by atoms with Crippen molar-refractivity contribution in [2.45, 2.75) is 59.3 Å². The summed E-state index contributed by atoms with van der Waals surface area (Å²) in [6.07, 6.45) is 4.56. The molecule has 2 aromatic heterocycles. The Hall–Kier alpha value is -1.16. The summed E-state index contributed by atoms with van der Waals surface area (Å²) in [4.78, 5) is 4.31. The van der Waals surface area contributed by atoms with Crippen molar-refractivity contribution in [3.8, 4) is 0 Å². The third kappa shape index (κ3) is 2.59. The normalized spacial score (nSPS) is 11.7. The predicted octanol–water partition coefficient (Wildman–Crippen LogP) is 4.08. The maximum Gasteiger partial charge on any atom is 0.198 e. The van der Waals surface area contributed by atoms with Gasteiger partial charge in [-0.05, 0) is 26.7 Å². The summed E-state index contributed by atoms with van der Waals surface area (Å²) in [7, 11) is 0. The second-order valence-electron chi connectivity index (χ2n) is 5.06. The zero-order valence-corrected chi connectivity index (χ0v) is 12.8. The van der Waals surface area contributed by atoms with Crippen LogP contribution in [0.4, 0.5) is 0 Å². The van der Waals surface area contributed by atoms with E-state index in [1.165, 1.54) is 0 Å². The topological polar surface area (TPSA) is 43.1 Å². The van der Waals surface area contributed by atoms with Gasteiger partial charge in [-0.3, -0.25) is 4.40 Å².